The number of benzene rings is 2. The van der Waals surface area contributed by atoms with Crippen LogP contribution in [0.3, 0.4) is 0 Å². The zero-order valence-electron chi connectivity index (χ0n) is 35.4. The van der Waals surface area contributed by atoms with Crippen LogP contribution in [-0.4, -0.2) is 125 Å². The number of hydrogen-bond acceptors (Lipinski definition) is 17. The van der Waals surface area contributed by atoms with E-state index in [1.807, 2.05) is 0 Å². The lowest BCUT2D eigenvalue weighted by Crippen LogP contribution is -2.40. The molecule has 5 heterocycles. The van der Waals surface area contributed by atoms with Crippen molar-refractivity contribution in [2.75, 3.05) is 74.0 Å². The number of imidazole rings is 1. The second-order valence-electron chi connectivity index (χ2n) is 14.4. The van der Waals surface area contributed by atoms with Crippen molar-refractivity contribution in [3.63, 3.8) is 0 Å². The molecule has 1 aliphatic heterocycles. The zero-order chi connectivity index (χ0) is 47.0. The molecule has 0 aliphatic carbocycles. The van der Waals surface area contributed by atoms with Crippen LogP contribution < -0.4 is 41.4 Å². The number of carbonyl (C=O) groups is 2. The highest BCUT2D eigenvalue weighted by Gasteiger charge is 2.35. The lowest BCUT2D eigenvalue weighted by atomic mass is 10.1. The molecule has 1 fully saturated rings. The van der Waals surface area contributed by atoms with E-state index in [2.05, 4.69) is 78.5 Å². The number of halogens is 3. The molecule has 7 N–H and O–H groups in total. The molecule has 0 saturated carbocycles. The third-order valence-electron chi connectivity index (χ3n) is 9.82. The summed E-state index contributed by atoms with van der Waals surface area (Å²) in [4.78, 5) is 47.6. The summed E-state index contributed by atoms with van der Waals surface area (Å²) in [5.41, 5.74) is 7.08. The Morgan fingerprint density at radius 3 is 2.48 bits per heavy atom. The van der Waals surface area contributed by atoms with Gasteiger partial charge in [-0.05, 0) is 58.4 Å². The second kappa shape index (κ2) is 21.0. The van der Waals surface area contributed by atoms with E-state index in [-0.39, 0.29) is 85.8 Å². The molecule has 0 spiro atoms. The lowest BCUT2D eigenvalue weighted by Gasteiger charge is -2.17. The van der Waals surface area contributed by atoms with Gasteiger partial charge in [0.05, 0.1) is 85.8 Å². The Morgan fingerprint density at radius 1 is 0.985 bits per heavy atom. The zero-order valence-corrected chi connectivity index (χ0v) is 37.8. The van der Waals surface area contributed by atoms with Crippen molar-refractivity contribution in [2.24, 2.45) is 12.8 Å². The number of sulfonamides is 1. The summed E-state index contributed by atoms with van der Waals surface area (Å²) >= 11 is 3.33. The van der Waals surface area contributed by atoms with Crippen molar-refractivity contribution in [1.82, 2.24) is 49.3 Å². The fourth-order valence-corrected chi connectivity index (χ4v) is 7.89. The van der Waals surface area contributed by atoms with Crippen LogP contribution in [0.1, 0.15) is 10.4 Å². The largest absolute Gasteiger partial charge is 0.478 e. The van der Waals surface area contributed by atoms with Crippen LogP contribution in [0.15, 0.2) is 83.2 Å². The van der Waals surface area contributed by atoms with Crippen LogP contribution in [0.2, 0.25) is 0 Å². The van der Waals surface area contributed by atoms with Gasteiger partial charge in [-0.25, -0.2) is 31.9 Å². The van der Waals surface area contributed by atoms with Crippen molar-refractivity contribution in [3.05, 3.63) is 89.7 Å². The van der Waals surface area contributed by atoms with E-state index < -0.39 is 39.9 Å². The van der Waals surface area contributed by atoms with Crippen molar-refractivity contribution >= 4 is 89.5 Å². The minimum atomic E-state index is -3.86. The number of hydrogen-bond donors (Lipinski definition) is 6. The third kappa shape index (κ3) is 11.3. The fourth-order valence-electron chi connectivity index (χ4n) is 6.59. The average molecular weight is 997 g/mol. The topological polar surface area (TPSA) is 273 Å². The Labute approximate surface area is 384 Å². The van der Waals surface area contributed by atoms with Crippen LogP contribution in [0.25, 0.3) is 11.2 Å². The number of nitrogens with one attached hydrogen (secondary N) is 5. The predicted octanol–water partition coefficient (Wildman–Crippen LogP) is 3.43. The fraction of sp³-hybridized carbons (Fsp3) is 0.300. The first-order valence-corrected chi connectivity index (χ1v) is 22.3. The summed E-state index contributed by atoms with van der Waals surface area (Å²) in [6.45, 7) is 4.74. The van der Waals surface area contributed by atoms with Crippen LogP contribution in [0.5, 0.6) is 5.88 Å². The standard InChI is InChI=1S/C40H44BrF2N15O7S/c1-4-31(59)49-29-20-57(19-27(29)43)40-53-36(33-37(54-40)56(2)22-46-33)51-30-21-58(55-38(30)63-3)13-15-65-17-16-64-14-12-47-66(61,62)24-10-8-23(9-11-24)48-39-45-18-25(41)35(52-39)50-28-7-5-6-26(42)32(28)34(44)60/h4-11,18,21-22,27,29,47H,1,12-17,19-20H2,2-3H3,(H2,44,60)(H,49,59)(H,51,53,54)(H2,45,48,50,52)/t27-,29-/m1/s1. The molecule has 26 heteroatoms. The van der Waals surface area contributed by atoms with E-state index in [4.69, 9.17) is 19.9 Å². The van der Waals surface area contributed by atoms with Gasteiger partial charge in [0.15, 0.2) is 17.0 Å². The van der Waals surface area contributed by atoms with E-state index in [1.54, 1.807) is 33.7 Å². The van der Waals surface area contributed by atoms with Gasteiger partial charge in [-0.15, -0.1) is 5.10 Å². The summed E-state index contributed by atoms with van der Waals surface area (Å²) < 4.78 is 78.0. The molecule has 2 atom stereocenters. The molecular formula is C40H44BrF2N15O7S. The maximum absolute atomic E-state index is 14.9. The van der Waals surface area contributed by atoms with Crippen molar-refractivity contribution in [3.8, 4) is 5.88 Å². The normalized spacial score (nSPS) is 14.9. The van der Waals surface area contributed by atoms with Gasteiger partial charge in [0.1, 0.15) is 23.5 Å². The first kappa shape index (κ1) is 47.1. The monoisotopic (exact) mass is 995 g/mol. The minimum absolute atomic E-state index is 0.0119. The quantitative estimate of drug-likeness (QED) is 0.0420. The van der Waals surface area contributed by atoms with Gasteiger partial charge in [0.2, 0.25) is 27.8 Å². The number of aromatic nitrogens is 8. The number of primary amides is 1. The summed E-state index contributed by atoms with van der Waals surface area (Å²) in [5.74, 6) is -0.994. The van der Waals surface area contributed by atoms with Gasteiger partial charge in [-0.1, -0.05) is 12.6 Å². The van der Waals surface area contributed by atoms with Gasteiger partial charge in [-0.2, -0.15) is 15.0 Å². The van der Waals surface area contributed by atoms with Crippen LogP contribution in [-0.2, 0) is 37.9 Å². The summed E-state index contributed by atoms with van der Waals surface area (Å²) in [6, 6.07) is 9.14. The van der Waals surface area contributed by atoms with E-state index in [0.717, 1.165) is 12.1 Å². The van der Waals surface area contributed by atoms with E-state index in [9.17, 15) is 26.8 Å². The van der Waals surface area contributed by atoms with E-state index >= 15 is 0 Å². The van der Waals surface area contributed by atoms with Gasteiger partial charge < -0.3 is 50.7 Å². The average Bonchev–Trinajstić information content (AvgIpc) is 3.99. The molecule has 0 bridgehead atoms. The number of rotatable bonds is 22. The Bertz CT molecular complexity index is 2830. The lowest BCUT2D eigenvalue weighted by molar-refractivity contribution is -0.117. The smallest absolute Gasteiger partial charge is 0.256 e. The number of amides is 2. The highest BCUT2D eigenvalue weighted by Crippen LogP contribution is 2.32. The first-order valence-electron chi connectivity index (χ1n) is 20.0. The maximum atomic E-state index is 14.9. The molecule has 22 nitrogen and oxygen atoms in total. The molecule has 1 saturated heterocycles. The third-order valence-corrected chi connectivity index (χ3v) is 11.9. The molecule has 2 amide bonds. The number of carbonyl (C=O) groups excluding carboxylic acids is 2. The summed E-state index contributed by atoms with van der Waals surface area (Å²) in [5, 5.41) is 16.2. The molecule has 6 aromatic rings. The number of aryl methyl sites for hydroxylation is 1. The number of anilines is 7. The summed E-state index contributed by atoms with van der Waals surface area (Å²) in [7, 11) is -0.608. The Morgan fingerprint density at radius 2 is 1.74 bits per heavy atom. The number of methoxy groups -OCH3 is 1. The Hall–Kier alpha value is -6.87. The van der Waals surface area contributed by atoms with Crippen molar-refractivity contribution in [1.29, 1.82) is 0 Å². The summed E-state index contributed by atoms with van der Waals surface area (Å²) in [6.07, 6.45) is 4.50. The maximum Gasteiger partial charge on any atom is 0.256 e. The van der Waals surface area contributed by atoms with Crippen LogP contribution in [0, 0.1) is 5.82 Å². The van der Waals surface area contributed by atoms with E-state index in [1.165, 1.54) is 49.7 Å². The molecule has 0 unspecified atom stereocenters. The molecular weight excluding hydrogens is 953 g/mol. The van der Waals surface area contributed by atoms with Gasteiger partial charge in [0, 0.05) is 32.0 Å². The van der Waals surface area contributed by atoms with Crippen LogP contribution in [0.4, 0.5) is 49.4 Å². The van der Waals surface area contributed by atoms with Gasteiger partial charge in [-0.3, -0.25) is 14.3 Å². The second-order valence-corrected chi connectivity index (χ2v) is 17.0. The molecule has 66 heavy (non-hydrogen) atoms. The molecule has 348 valence electrons. The molecule has 1 aliphatic rings. The first-order chi connectivity index (χ1) is 31.7. The SMILES string of the molecule is C=CC(=O)N[C@@H]1CN(c2nc(Nc3cn(CCOCCOCCNS(=O)(=O)c4ccc(Nc5ncc(Br)c(Nc6cccc(F)c6C(N)=O)n5)cc4)nc3OC)c3ncn(C)c3n2)C[C@H]1F. The highest BCUT2D eigenvalue weighted by atomic mass is 79.9. The van der Waals surface area contributed by atoms with E-state index in [0.29, 0.717) is 39.4 Å². The minimum Gasteiger partial charge on any atom is -0.478 e. The van der Waals surface area contributed by atoms with Crippen LogP contribution >= 0.6 is 15.9 Å². The van der Waals surface area contributed by atoms with Crippen molar-refractivity contribution in [2.45, 2.75) is 23.7 Å². The molecule has 7 rings (SSSR count). The predicted molar refractivity (Wildman–Crippen MR) is 242 cm³/mol. The Balaban J connectivity index is 0.839. The number of alkyl halides is 1. The number of fused-ring (bicyclic) bond motifs is 1. The van der Waals surface area contributed by atoms with Crippen molar-refractivity contribution < 1.29 is 41.0 Å². The van der Waals surface area contributed by atoms with Gasteiger partial charge >= 0.3 is 0 Å². The molecule has 4 aromatic heterocycles. The number of nitrogens with two attached hydrogens (primary N) is 1. The number of ether oxygens (including phenoxy) is 3. The Kier molecular flexibility index (Phi) is 15.0. The molecule has 0 radical (unpaired) electrons. The molecule has 2 aromatic carbocycles. The highest BCUT2D eigenvalue weighted by molar-refractivity contribution is 9.10. The van der Waals surface area contributed by atoms with Gasteiger partial charge in [0.25, 0.3) is 11.8 Å². The number of nitrogens with zero attached hydrogens (tertiary/aromatic N) is 9.